The molecule has 0 spiro atoms. The summed E-state index contributed by atoms with van der Waals surface area (Å²) in [5, 5.41) is 2.63. The number of ketones is 1. The van der Waals surface area contributed by atoms with Crippen molar-refractivity contribution in [2.24, 2.45) is 0 Å². The van der Waals surface area contributed by atoms with Crippen LogP contribution >= 0.6 is 35.0 Å². The number of Topliss-reactive ketones (excluding diaryl/α,β-unsaturated/α-hetero) is 1. The van der Waals surface area contributed by atoms with Crippen LogP contribution < -0.4 is 14.8 Å². The SMILES string of the molecule is CCOI.CCOc1ccc(C(=O)CCC(=O)NCCSO)c(OCC)c1. The normalized spacial score (nSPS) is 9.81. The smallest absolute Gasteiger partial charge is 0.220 e. The summed E-state index contributed by atoms with van der Waals surface area (Å²) in [4.78, 5) is 23.9. The molecule has 0 aromatic heterocycles. The van der Waals surface area contributed by atoms with Crippen molar-refractivity contribution in [1.82, 2.24) is 5.32 Å². The van der Waals surface area contributed by atoms with Gasteiger partial charge in [0.15, 0.2) is 5.78 Å². The van der Waals surface area contributed by atoms with Crippen LogP contribution in [0.15, 0.2) is 18.2 Å². The van der Waals surface area contributed by atoms with Gasteiger partial charge in [-0.25, -0.2) is 0 Å². The molecular weight excluding hydrogens is 485 g/mol. The van der Waals surface area contributed by atoms with Gasteiger partial charge >= 0.3 is 0 Å². The lowest BCUT2D eigenvalue weighted by molar-refractivity contribution is -0.120. The predicted molar refractivity (Wildman–Crippen MR) is 116 cm³/mol. The Labute approximate surface area is 179 Å². The van der Waals surface area contributed by atoms with Crippen molar-refractivity contribution in [3.63, 3.8) is 0 Å². The van der Waals surface area contributed by atoms with E-state index in [1.165, 1.54) is 0 Å². The molecule has 2 N–H and O–H groups in total. The lowest BCUT2D eigenvalue weighted by atomic mass is 10.0. The van der Waals surface area contributed by atoms with E-state index in [4.69, 9.17) is 14.0 Å². The highest BCUT2D eigenvalue weighted by molar-refractivity contribution is 14.1. The number of hydrogen-bond donors (Lipinski definition) is 2. The second kappa shape index (κ2) is 17.1. The molecule has 7 nitrogen and oxygen atoms in total. The molecule has 0 saturated heterocycles. The maximum Gasteiger partial charge on any atom is 0.220 e. The first-order chi connectivity index (χ1) is 13.0. The van der Waals surface area contributed by atoms with E-state index in [1.54, 1.807) is 18.2 Å². The number of halogens is 1. The van der Waals surface area contributed by atoms with Gasteiger partial charge in [-0.3, -0.25) is 9.59 Å². The standard InChI is InChI=1S/C16H23NO5S.C2H5IO/c1-3-21-12-5-6-13(15(11-12)22-4-2)14(18)7-8-16(19)17-9-10-23-20;1-2-4-3/h5-6,11,20H,3-4,7-10H2,1-2H3,(H,17,19);2H2,1H3. The minimum absolute atomic E-state index is 0.103. The van der Waals surface area contributed by atoms with E-state index in [1.807, 2.05) is 43.8 Å². The van der Waals surface area contributed by atoms with E-state index in [-0.39, 0.29) is 24.5 Å². The maximum atomic E-state index is 12.3. The Morgan fingerprint density at radius 2 is 1.78 bits per heavy atom. The Hall–Kier alpha value is -1.04. The summed E-state index contributed by atoms with van der Waals surface area (Å²) in [6.45, 7) is 7.83. The fourth-order valence-electron chi connectivity index (χ4n) is 1.95. The third kappa shape index (κ3) is 12.1. The van der Waals surface area contributed by atoms with E-state index in [0.29, 0.717) is 54.6 Å². The van der Waals surface area contributed by atoms with Crippen LogP contribution in [0.25, 0.3) is 0 Å². The summed E-state index contributed by atoms with van der Waals surface area (Å²) in [6.07, 6.45) is 0.208. The molecule has 154 valence electrons. The van der Waals surface area contributed by atoms with Crippen LogP contribution in [0.4, 0.5) is 0 Å². The zero-order valence-electron chi connectivity index (χ0n) is 16.0. The number of amides is 1. The molecule has 0 radical (unpaired) electrons. The van der Waals surface area contributed by atoms with Gasteiger partial charge in [0.2, 0.25) is 5.91 Å². The van der Waals surface area contributed by atoms with Gasteiger partial charge in [-0.15, -0.1) is 0 Å². The number of ether oxygens (including phenoxy) is 2. The summed E-state index contributed by atoms with van der Waals surface area (Å²) in [5.74, 6) is 1.18. The number of rotatable bonds is 12. The lowest BCUT2D eigenvalue weighted by Crippen LogP contribution is -2.26. The van der Waals surface area contributed by atoms with E-state index in [9.17, 15) is 9.59 Å². The van der Waals surface area contributed by atoms with Gasteiger partial charge in [-0.1, -0.05) is 0 Å². The Bertz CT molecular complexity index is 557. The quantitative estimate of drug-likeness (QED) is 0.188. The molecule has 1 aromatic carbocycles. The number of nitrogens with one attached hydrogen (secondary N) is 1. The zero-order chi connectivity index (χ0) is 20.5. The molecule has 0 aliphatic rings. The number of carbonyl (C=O) groups is 2. The lowest BCUT2D eigenvalue weighted by Gasteiger charge is -2.12. The molecule has 27 heavy (non-hydrogen) atoms. The fraction of sp³-hybridized carbons (Fsp3) is 0.556. The second-order valence-electron chi connectivity index (χ2n) is 5.03. The topological polar surface area (TPSA) is 94.1 Å². The van der Waals surface area contributed by atoms with Gasteiger partial charge in [0, 0.05) is 31.2 Å². The Morgan fingerprint density at radius 1 is 1.11 bits per heavy atom. The molecule has 0 heterocycles. The minimum Gasteiger partial charge on any atom is -0.494 e. The number of hydrogen-bond acceptors (Lipinski definition) is 7. The summed E-state index contributed by atoms with van der Waals surface area (Å²) < 4.78 is 24.0. The number of benzene rings is 1. The summed E-state index contributed by atoms with van der Waals surface area (Å²) in [6, 6.07) is 5.08. The van der Waals surface area contributed by atoms with Gasteiger partial charge in [-0.2, -0.15) is 0 Å². The van der Waals surface area contributed by atoms with Crippen molar-refractivity contribution >= 4 is 46.7 Å². The van der Waals surface area contributed by atoms with Crippen LogP contribution in [0.5, 0.6) is 11.5 Å². The van der Waals surface area contributed by atoms with Gasteiger partial charge in [0.05, 0.1) is 25.4 Å². The molecule has 0 saturated carbocycles. The van der Waals surface area contributed by atoms with E-state index in [0.717, 1.165) is 6.61 Å². The van der Waals surface area contributed by atoms with Crippen molar-refractivity contribution in [3.8, 4) is 11.5 Å². The summed E-state index contributed by atoms with van der Waals surface area (Å²) in [5.41, 5.74) is 0.453. The van der Waals surface area contributed by atoms with Crippen molar-refractivity contribution in [2.45, 2.75) is 33.6 Å². The van der Waals surface area contributed by atoms with Crippen molar-refractivity contribution in [1.29, 1.82) is 0 Å². The Morgan fingerprint density at radius 3 is 2.33 bits per heavy atom. The van der Waals surface area contributed by atoms with Gasteiger partial charge in [-0.05, 0) is 44.9 Å². The Kier molecular flexibility index (Phi) is 16.4. The zero-order valence-corrected chi connectivity index (χ0v) is 18.9. The first-order valence-corrected chi connectivity index (χ1v) is 10.6. The average molecular weight is 513 g/mol. The molecule has 0 bridgehead atoms. The van der Waals surface area contributed by atoms with Gasteiger partial charge in [0.25, 0.3) is 0 Å². The van der Waals surface area contributed by atoms with E-state index < -0.39 is 0 Å². The summed E-state index contributed by atoms with van der Waals surface area (Å²) in [7, 11) is 0. The highest BCUT2D eigenvalue weighted by Gasteiger charge is 2.15. The maximum absolute atomic E-state index is 12.3. The number of carbonyl (C=O) groups excluding carboxylic acids is 2. The van der Waals surface area contributed by atoms with Crippen molar-refractivity contribution in [3.05, 3.63) is 23.8 Å². The molecular formula is C18H28INO6S. The molecule has 0 aliphatic carbocycles. The molecule has 1 aromatic rings. The second-order valence-corrected chi connectivity index (χ2v) is 6.32. The molecule has 1 rings (SSSR count). The summed E-state index contributed by atoms with van der Waals surface area (Å²) >= 11 is 2.52. The minimum atomic E-state index is -0.212. The fourth-order valence-corrected chi connectivity index (χ4v) is 2.14. The van der Waals surface area contributed by atoms with Gasteiger partial charge in [0.1, 0.15) is 34.5 Å². The van der Waals surface area contributed by atoms with Crippen molar-refractivity contribution < 1.29 is 26.7 Å². The highest BCUT2D eigenvalue weighted by Crippen LogP contribution is 2.26. The monoisotopic (exact) mass is 513 g/mol. The highest BCUT2D eigenvalue weighted by atomic mass is 127. The van der Waals surface area contributed by atoms with Crippen LogP contribution in [0.3, 0.4) is 0 Å². The van der Waals surface area contributed by atoms with Crippen LogP contribution in [-0.4, -0.2) is 48.4 Å². The van der Waals surface area contributed by atoms with E-state index in [2.05, 4.69) is 8.38 Å². The predicted octanol–water partition coefficient (Wildman–Crippen LogP) is 4.14. The first-order valence-electron chi connectivity index (χ1n) is 8.73. The molecule has 9 heteroatoms. The first kappa shape index (κ1) is 26.0. The molecule has 0 atom stereocenters. The van der Waals surface area contributed by atoms with Gasteiger partial charge < -0.3 is 22.4 Å². The third-order valence-corrected chi connectivity index (χ3v) is 4.08. The van der Waals surface area contributed by atoms with Crippen LogP contribution in [0.1, 0.15) is 44.0 Å². The van der Waals surface area contributed by atoms with E-state index >= 15 is 0 Å². The van der Waals surface area contributed by atoms with Crippen molar-refractivity contribution in [2.75, 3.05) is 32.1 Å². The van der Waals surface area contributed by atoms with Crippen LogP contribution in [-0.2, 0) is 7.86 Å². The van der Waals surface area contributed by atoms with Crippen LogP contribution in [0.2, 0.25) is 0 Å². The largest absolute Gasteiger partial charge is 0.494 e. The Balaban J connectivity index is 0.00000153. The molecule has 0 fully saturated rings. The molecule has 0 unspecified atom stereocenters. The average Bonchev–Trinajstić information content (AvgIpc) is 2.67. The molecule has 1 amide bonds. The third-order valence-electron chi connectivity index (χ3n) is 3.07. The molecule has 0 aliphatic heterocycles. The van der Waals surface area contributed by atoms with Crippen LogP contribution in [0, 0.1) is 0 Å².